The van der Waals surface area contributed by atoms with Gasteiger partial charge in [-0.25, -0.2) is 0 Å². The van der Waals surface area contributed by atoms with Crippen molar-refractivity contribution in [3.05, 3.63) is 64.4 Å². The highest BCUT2D eigenvalue weighted by Crippen LogP contribution is 2.35. The number of hydrogen-bond donors (Lipinski definition) is 3. The summed E-state index contributed by atoms with van der Waals surface area (Å²) in [6.45, 7) is 1.32. The van der Waals surface area contributed by atoms with E-state index in [1.807, 2.05) is 0 Å². The van der Waals surface area contributed by atoms with Crippen LogP contribution >= 0.6 is 0 Å². The average molecular weight is 563 g/mol. The second-order valence-electron chi connectivity index (χ2n) is 8.90. The van der Waals surface area contributed by atoms with E-state index in [0.29, 0.717) is 0 Å². The lowest BCUT2D eigenvalue weighted by molar-refractivity contribution is -0.318. The van der Waals surface area contributed by atoms with Crippen LogP contribution in [0.15, 0.2) is 37.7 Å². The van der Waals surface area contributed by atoms with E-state index in [1.54, 1.807) is 0 Å². The van der Waals surface area contributed by atoms with Crippen LogP contribution in [-0.4, -0.2) is 101 Å². The lowest BCUT2D eigenvalue weighted by Crippen LogP contribution is -2.63. The summed E-state index contributed by atoms with van der Waals surface area (Å²) < 4.78 is 23.3. The fraction of sp³-hybridized carbons (Fsp3) is 0.889. The minimum absolute atomic E-state index is 0.133. The number of hydrogen-bond acceptors (Lipinski definition) is 12. The Labute approximate surface area is 224 Å². The summed E-state index contributed by atoms with van der Waals surface area (Å²) in [6, 6.07) is -4.53. The summed E-state index contributed by atoms with van der Waals surface area (Å²) in [5, 5.41) is 50.0. The molecule has 0 aromatic carbocycles. The molecule has 2 heterocycles. The highest BCUT2D eigenvalue weighted by Gasteiger charge is 2.51. The Hall–Kier alpha value is -3.99. The minimum atomic E-state index is -1.77. The van der Waals surface area contributed by atoms with Gasteiger partial charge < -0.3 is 34.3 Å². The molecule has 7 unspecified atom stereocenters. The molecule has 1 aliphatic carbocycles. The van der Waals surface area contributed by atoms with E-state index < -0.39 is 79.5 Å². The first-order valence-electron chi connectivity index (χ1n) is 11.8. The number of aliphatic hydroxyl groups excluding tert-OH is 3. The third-order valence-electron chi connectivity index (χ3n) is 6.51. The third kappa shape index (κ3) is 6.95. The summed E-state index contributed by atoms with van der Waals surface area (Å²) >= 11 is 0. The van der Waals surface area contributed by atoms with E-state index >= 15 is 0 Å². The zero-order valence-corrected chi connectivity index (χ0v) is 20.8. The summed E-state index contributed by atoms with van der Waals surface area (Å²) in [4.78, 5) is 13.6. The molecule has 0 spiro atoms. The largest absolute Gasteiger partial charge is 0.390 e. The molecule has 1 saturated carbocycles. The summed E-state index contributed by atoms with van der Waals surface area (Å²) in [5.41, 5.74) is 44.6. The van der Waals surface area contributed by atoms with Gasteiger partial charge in [0.2, 0.25) is 0 Å². The van der Waals surface area contributed by atoms with Crippen LogP contribution in [0, 0.1) is 0 Å². The van der Waals surface area contributed by atoms with Crippen LogP contribution in [0.25, 0.3) is 52.2 Å². The van der Waals surface area contributed by atoms with Crippen LogP contribution in [0.4, 0.5) is 0 Å². The summed E-state index contributed by atoms with van der Waals surface area (Å²) in [5.74, 6) is 0. The Morgan fingerprint density at radius 2 is 1.40 bits per heavy atom. The van der Waals surface area contributed by atoms with Gasteiger partial charge in [-0.2, -0.15) is 0 Å². The predicted octanol–water partition coefficient (Wildman–Crippen LogP) is 2.29. The van der Waals surface area contributed by atoms with Gasteiger partial charge >= 0.3 is 0 Å². The van der Waals surface area contributed by atoms with Crippen LogP contribution in [0.1, 0.15) is 13.3 Å². The van der Waals surface area contributed by atoms with Crippen molar-refractivity contribution >= 4 is 0 Å². The second-order valence-corrected chi connectivity index (χ2v) is 8.90. The normalized spacial score (nSPS) is 40.6. The van der Waals surface area contributed by atoms with Gasteiger partial charge in [0.15, 0.2) is 12.6 Å². The molecule has 2 aliphatic heterocycles. The van der Waals surface area contributed by atoms with Gasteiger partial charge in [0.1, 0.15) is 18.2 Å². The summed E-state index contributed by atoms with van der Waals surface area (Å²) in [7, 11) is 0. The highest BCUT2D eigenvalue weighted by atomic mass is 16.7. The maximum atomic E-state index is 11.1. The van der Waals surface area contributed by atoms with E-state index in [2.05, 4.69) is 50.1 Å². The molecule has 1 saturated heterocycles. The fourth-order valence-corrected chi connectivity index (χ4v) is 4.61. The minimum Gasteiger partial charge on any atom is -0.390 e. The maximum absolute atomic E-state index is 11.1. The number of azide groups is 5. The van der Waals surface area contributed by atoms with Crippen LogP contribution < -0.4 is 0 Å². The van der Waals surface area contributed by atoms with E-state index in [4.69, 9.17) is 41.1 Å². The SMILES string of the molecule is CC1O[C@@H](O[C@H]2C(O[C@H]3OC(CN=[N+]=[N-])C=CC3N=[N+]=[N-])C(N=[N+]=[N-])C[C@@H](N=[N+]=[N-])C2O)C(O)[C@@H](O)[C@@H]1N=[N+]=[N-]. The molecule has 0 aromatic heterocycles. The Balaban J connectivity index is 1.97. The van der Waals surface area contributed by atoms with E-state index in [1.165, 1.54) is 19.1 Å². The van der Waals surface area contributed by atoms with Gasteiger partial charge in [-0.3, -0.25) is 0 Å². The quantitative estimate of drug-likeness (QED) is 0.154. The third-order valence-corrected chi connectivity index (χ3v) is 6.51. The van der Waals surface area contributed by atoms with Crippen LogP contribution in [-0.2, 0) is 18.9 Å². The van der Waals surface area contributed by atoms with E-state index in [0.717, 1.165) is 0 Å². The smallest absolute Gasteiger partial charge is 0.186 e. The van der Waals surface area contributed by atoms with Gasteiger partial charge in [-0.15, -0.1) is 0 Å². The molecule has 22 nitrogen and oxygen atoms in total. The molecule has 214 valence electrons. The topological polar surface area (TPSA) is 341 Å². The van der Waals surface area contributed by atoms with Gasteiger partial charge in [0, 0.05) is 24.6 Å². The second kappa shape index (κ2) is 14.4. The van der Waals surface area contributed by atoms with Crippen molar-refractivity contribution in [2.75, 3.05) is 6.54 Å². The van der Waals surface area contributed by atoms with Gasteiger partial charge in [-0.1, -0.05) is 37.7 Å². The number of ether oxygens (including phenoxy) is 4. The molecule has 3 N–H and O–H groups in total. The molecule has 22 heteroatoms. The number of rotatable bonds is 10. The molecule has 0 radical (unpaired) electrons. The van der Waals surface area contributed by atoms with Crippen LogP contribution in [0.2, 0.25) is 0 Å². The Bertz CT molecular complexity index is 1170. The van der Waals surface area contributed by atoms with Gasteiger partial charge in [0.05, 0.1) is 55.2 Å². The maximum Gasteiger partial charge on any atom is 0.186 e. The first kappa shape index (κ1) is 30.6. The van der Waals surface area contributed by atoms with Gasteiger partial charge in [-0.05, 0) is 41.0 Å². The lowest BCUT2D eigenvalue weighted by Gasteiger charge is -2.47. The molecule has 40 heavy (non-hydrogen) atoms. The zero-order chi connectivity index (χ0) is 29.2. The Morgan fingerprint density at radius 1 is 0.750 bits per heavy atom. The molecular formula is C18H25N15O7. The monoisotopic (exact) mass is 563 g/mol. The van der Waals surface area contributed by atoms with Crippen LogP contribution in [0.3, 0.4) is 0 Å². The molecular weight excluding hydrogens is 538 g/mol. The highest BCUT2D eigenvalue weighted by molar-refractivity contribution is 5.07. The molecule has 3 aliphatic rings. The van der Waals surface area contributed by atoms with Crippen molar-refractivity contribution in [1.82, 2.24) is 0 Å². The van der Waals surface area contributed by atoms with Crippen LogP contribution in [0.5, 0.6) is 0 Å². The van der Waals surface area contributed by atoms with E-state index in [9.17, 15) is 20.9 Å². The Morgan fingerprint density at radius 3 is 2.05 bits per heavy atom. The van der Waals surface area contributed by atoms with Crippen molar-refractivity contribution < 1.29 is 34.3 Å². The molecule has 13 atom stereocenters. The molecule has 2 fully saturated rings. The molecule has 0 bridgehead atoms. The van der Waals surface area contributed by atoms with Crippen molar-refractivity contribution in [3.8, 4) is 0 Å². The first-order valence-corrected chi connectivity index (χ1v) is 11.8. The molecule has 3 rings (SSSR count). The Kier molecular flexibility index (Phi) is 11.0. The van der Waals surface area contributed by atoms with Gasteiger partial charge in [0.25, 0.3) is 0 Å². The van der Waals surface area contributed by atoms with Crippen molar-refractivity contribution in [3.63, 3.8) is 0 Å². The first-order chi connectivity index (χ1) is 19.3. The standard InChI is InChI=1S/C18H25N15O7/c1-6-11(28-33-23)13(35)14(36)18(37-6)40-16-12(34)9(26-31-21)4-10(27-32-22)15(16)39-17-8(25-30-20)3-2-7(38-17)5-24-29-19/h2-3,6-18,34-36H,4-5H2,1H3/t6?,7?,8?,9-,10?,11-,12?,13+,14?,15?,16-,17-,18+/m1/s1. The molecule has 0 aromatic rings. The van der Waals surface area contributed by atoms with E-state index in [-0.39, 0.29) is 13.0 Å². The zero-order valence-electron chi connectivity index (χ0n) is 20.8. The van der Waals surface area contributed by atoms with Crippen molar-refractivity contribution in [2.24, 2.45) is 25.6 Å². The average Bonchev–Trinajstić information content (AvgIpc) is 2.94. The lowest BCUT2D eigenvalue weighted by atomic mass is 9.84. The fourth-order valence-electron chi connectivity index (χ4n) is 4.61. The summed E-state index contributed by atoms with van der Waals surface area (Å²) in [6.07, 6.45) is -9.85. The molecule has 0 amide bonds. The number of nitrogens with zero attached hydrogens (tertiary/aromatic N) is 15. The number of aliphatic hydroxyl groups is 3. The predicted molar refractivity (Wildman–Crippen MR) is 130 cm³/mol. The van der Waals surface area contributed by atoms with Crippen molar-refractivity contribution in [2.45, 2.75) is 92.8 Å². The van der Waals surface area contributed by atoms with Crippen molar-refractivity contribution in [1.29, 1.82) is 0 Å².